The summed E-state index contributed by atoms with van der Waals surface area (Å²) in [6, 6.07) is 3.12. The Morgan fingerprint density at radius 2 is 1.90 bits per heavy atom. The zero-order chi connectivity index (χ0) is 21.1. The minimum atomic E-state index is -4.45. The van der Waals surface area contributed by atoms with Crippen LogP contribution in [0.1, 0.15) is 44.9 Å². The van der Waals surface area contributed by atoms with Crippen molar-refractivity contribution in [2.75, 3.05) is 13.1 Å². The third kappa shape index (κ3) is 4.04. The first kappa shape index (κ1) is 21.4. The number of rotatable bonds is 5. The molecule has 1 aromatic rings. The van der Waals surface area contributed by atoms with E-state index in [0.29, 0.717) is 30.1 Å². The highest BCUT2D eigenvalue weighted by molar-refractivity contribution is 7.89. The van der Waals surface area contributed by atoms with Crippen molar-refractivity contribution in [2.24, 2.45) is 11.1 Å². The fourth-order valence-corrected chi connectivity index (χ4v) is 5.71. The molecule has 3 rings (SSSR count). The van der Waals surface area contributed by atoms with Gasteiger partial charge in [-0.2, -0.15) is 8.42 Å². The Labute approximate surface area is 170 Å². The number of amides is 2. The molecule has 158 valence electrons. The molecule has 0 spiro atoms. The van der Waals surface area contributed by atoms with Gasteiger partial charge in [-0.15, -0.1) is 0 Å². The van der Waals surface area contributed by atoms with E-state index in [9.17, 15) is 22.8 Å². The fourth-order valence-electron chi connectivity index (χ4n) is 4.11. The van der Waals surface area contributed by atoms with Crippen LogP contribution in [-0.2, 0) is 24.4 Å². The number of Topliss-reactive ketones (excluding diaryl/α,β-unsaturated/α-hetero) is 1. The second kappa shape index (κ2) is 8.58. The van der Waals surface area contributed by atoms with Crippen molar-refractivity contribution in [3.8, 4) is 0 Å². The molecule has 1 saturated carbocycles. The van der Waals surface area contributed by atoms with Crippen molar-refractivity contribution in [1.29, 1.82) is 0 Å². The standard InChI is InChI=1S/C19H26N4O5S/c20-17(25)19(9-3-1-4-10-19)18(26)23(14-7-6-11-21-13-15(14)24)29(27,28)16-8-2-5-12-22-16/h2,5,8,12,14,21H,1,3-4,6-7,9-11,13H2,(H2,20,25)/t14-/m0/s1. The summed E-state index contributed by atoms with van der Waals surface area (Å²) >= 11 is 0. The van der Waals surface area contributed by atoms with E-state index in [4.69, 9.17) is 5.73 Å². The highest BCUT2D eigenvalue weighted by Crippen LogP contribution is 2.40. The number of nitrogens with one attached hydrogen (secondary N) is 1. The van der Waals surface area contributed by atoms with E-state index in [1.807, 2.05) is 0 Å². The molecule has 9 nitrogen and oxygen atoms in total. The first-order valence-electron chi connectivity index (χ1n) is 9.84. The van der Waals surface area contributed by atoms with Crippen LogP contribution in [0.3, 0.4) is 0 Å². The number of nitrogens with zero attached hydrogens (tertiary/aromatic N) is 2. The van der Waals surface area contributed by atoms with Crippen molar-refractivity contribution in [3.05, 3.63) is 24.4 Å². The zero-order valence-electron chi connectivity index (χ0n) is 16.2. The smallest absolute Gasteiger partial charge is 0.284 e. The summed E-state index contributed by atoms with van der Waals surface area (Å²) in [6.45, 7) is 0.491. The van der Waals surface area contributed by atoms with Gasteiger partial charge in [-0.1, -0.05) is 25.3 Å². The number of sulfonamides is 1. The highest BCUT2D eigenvalue weighted by Gasteiger charge is 2.53. The van der Waals surface area contributed by atoms with Gasteiger partial charge in [0.1, 0.15) is 11.5 Å². The molecule has 1 aliphatic carbocycles. The van der Waals surface area contributed by atoms with Crippen LogP contribution in [0.2, 0.25) is 0 Å². The molecule has 10 heteroatoms. The fraction of sp³-hybridized carbons (Fsp3) is 0.579. The van der Waals surface area contributed by atoms with Crippen molar-refractivity contribution < 1.29 is 22.8 Å². The average molecular weight is 423 g/mol. The Balaban J connectivity index is 2.13. The van der Waals surface area contributed by atoms with Crippen LogP contribution in [-0.4, -0.2) is 54.4 Å². The van der Waals surface area contributed by atoms with Crippen LogP contribution in [0.5, 0.6) is 0 Å². The van der Waals surface area contributed by atoms with E-state index in [2.05, 4.69) is 10.3 Å². The Morgan fingerprint density at radius 1 is 1.17 bits per heavy atom. The maximum absolute atomic E-state index is 13.7. The molecule has 0 bridgehead atoms. The molecule has 1 aromatic heterocycles. The van der Waals surface area contributed by atoms with E-state index >= 15 is 0 Å². The Morgan fingerprint density at radius 3 is 2.52 bits per heavy atom. The number of primary amides is 1. The predicted octanol–water partition coefficient (Wildman–Crippen LogP) is 0.356. The van der Waals surface area contributed by atoms with Gasteiger partial charge in [-0.05, 0) is 44.4 Å². The maximum atomic E-state index is 13.7. The molecule has 29 heavy (non-hydrogen) atoms. The second-order valence-electron chi connectivity index (χ2n) is 7.58. The van der Waals surface area contributed by atoms with Crippen molar-refractivity contribution in [2.45, 2.75) is 56.0 Å². The molecular formula is C19H26N4O5S. The second-order valence-corrected chi connectivity index (χ2v) is 9.34. The number of carbonyl (C=O) groups excluding carboxylic acids is 3. The van der Waals surface area contributed by atoms with Gasteiger partial charge in [0.2, 0.25) is 5.91 Å². The SMILES string of the molecule is NC(=O)C1(C(=O)N([C@H]2CCCNCC2=O)S(=O)(=O)c2ccccn2)CCCCC1. The van der Waals surface area contributed by atoms with Crippen LogP contribution < -0.4 is 11.1 Å². The average Bonchev–Trinajstić information content (AvgIpc) is 2.93. The molecule has 1 saturated heterocycles. The van der Waals surface area contributed by atoms with E-state index < -0.39 is 39.1 Å². The molecule has 2 fully saturated rings. The third-order valence-electron chi connectivity index (χ3n) is 5.73. The van der Waals surface area contributed by atoms with Gasteiger partial charge < -0.3 is 11.1 Å². The quantitative estimate of drug-likeness (QED) is 0.653. The topological polar surface area (TPSA) is 140 Å². The highest BCUT2D eigenvalue weighted by atomic mass is 32.2. The number of ketones is 1. The van der Waals surface area contributed by atoms with Gasteiger partial charge in [0.25, 0.3) is 15.9 Å². The lowest BCUT2D eigenvalue weighted by Gasteiger charge is -2.39. The van der Waals surface area contributed by atoms with Crippen LogP contribution in [0.15, 0.2) is 29.4 Å². The number of pyridine rings is 1. The van der Waals surface area contributed by atoms with E-state index in [0.717, 1.165) is 6.42 Å². The molecule has 2 heterocycles. The minimum absolute atomic E-state index is 0.0459. The lowest BCUT2D eigenvalue weighted by atomic mass is 9.72. The number of hydrogen-bond acceptors (Lipinski definition) is 7. The van der Waals surface area contributed by atoms with Crippen LogP contribution in [0.4, 0.5) is 0 Å². The molecule has 1 atom stereocenters. The summed E-state index contributed by atoms with van der Waals surface area (Å²) in [6.07, 6.45) is 4.36. The van der Waals surface area contributed by atoms with Crippen molar-refractivity contribution >= 4 is 27.6 Å². The summed E-state index contributed by atoms with van der Waals surface area (Å²) in [7, 11) is -4.45. The molecule has 3 N–H and O–H groups in total. The van der Waals surface area contributed by atoms with Gasteiger partial charge in [-0.25, -0.2) is 9.29 Å². The van der Waals surface area contributed by atoms with E-state index in [1.165, 1.54) is 18.3 Å². The molecule has 0 unspecified atom stereocenters. The molecule has 1 aliphatic heterocycles. The summed E-state index contributed by atoms with van der Waals surface area (Å²) in [5.41, 5.74) is 4.00. The summed E-state index contributed by atoms with van der Waals surface area (Å²) in [4.78, 5) is 42.7. The largest absolute Gasteiger partial charge is 0.369 e. The van der Waals surface area contributed by atoms with Crippen LogP contribution in [0.25, 0.3) is 0 Å². The lowest BCUT2D eigenvalue weighted by Crippen LogP contribution is -2.58. The Bertz CT molecular complexity index is 881. The predicted molar refractivity (Wildman–Crippen MR) is 104 cm³/mol. The van der Waals surface area contributed by atoms with Gasteiger partial charge in [0.15, 0.2) is 10.8 Å². The van der Waals surface area contributed by atoms with Crippen LogP contribution in [0, 0.1) is 5.41 Å². The minimum Gasteiger partial charge on any atom is -0.369 e. The van der Waals surface area contributed by atoms with E-state index in [-0.39, 0.29) is 30.8 Å². The zero-order valence-corrected chi connectivity index (χ0v) is 17.0. The Hall–Kier alpha value is -2.33. The monoisotopic (exact) mass is 422 g/mol. The van der Waals surface area contributed by atoms with Crippen LogP contribution >= 0.6 is 0 Å². The van der Waals surface area contributed by atoms with Crippen molar-refractivity contribution in [3.63, 3.8) is 0 Å². The van der Waals surface area contributed by atoms with Gasteiger partial charge in [-0.3, -0.25) is 14.4 Å². The first-order valence-corrected chi connectivity index (χ1v) is 11.3. The lowest BCUT2D eigenvalue weighted by molar-refractivity contribution is -0.151. The van der Waals surface area contributed by atoms with Gasteiger partial charge >= 0.3 is 0 Å². The Kier molecular flexibility index (Phi) is 6.33. The van der Waals surface area contributed by atoms with E-state index in [1.54, 1.807) is 6.07 Å². The maximum Gasteiger partial charge on any atom is 0.284 e. The van der Waals surface area contributed by atoms with Gasteiger partial charge in [0, 0.05) is 6.20 Å². The number of nitrogens with two attached hydrogens (primary N) is 1. The summed E-state index contributed by atoms with van der Waals surface area (Å²) < 4.78 is 27.5. The molecular weight excluding hydrogens is 396 g/mol. The normalized spacial score (nSPS) is 22.5. The molecule has 0 radical (unpaired) electrons. The third-order valence-corrected chi connectivity index (χ3v) is 7.44. The summed E-state index contributed by atoms with van der Waals surface area (Å²) in [5, 5.41) is 2.60. The molecule has 0 aromatic carbocycles. The number of hydrogen-bond donors (Lipinski definition) is 2. The molecule has 2 amide bonds. The molecule has 2 aliphatic rings. The number of carbonyl (C=O) groups is 3. The van der Waals surface area contributed by atoms with Crippen molar-refractivity contribution in [1.82, 2.24) is 14.6 Å². The number of aromatic nitrogens is 1. The van der Waals surface area contributed by atoms with Gasteiger partial charge in [0.05, 0.1) is 6.54 Å². The first-order chi connectivity index (χ1) is 13.8. The summed E-state index contributed by atoms with van der Waals surface area (Å²) in [5.74, 6) is -2.16.